The molecule has 3 aliphatic rings. The second-order valence-electron chi connectivity index (χ2n) is 7.96. The van der Waals surface area contributed by atoms with Crippen LogP contribution in [0.3, 0.4) is 0 Å². The van der Waals surface area contributed by atoms with Crippen LogP contribution in [-0.4, -0.2) is 34.6 Å². The van der Waals surface area contributed by atoms with Crippen LogP contribution in [0.4, 0.5) is 0 Å². The Morgan fingerprint density at radius 3 is 2.76 bits per heavy atom. The predicted octanol–water partition coefficient (Wildman–Crippen LogP) is 4.10. The molecule has 4 unspecified atom stereocenters. The first kappa shape index (κ1) is 18.4. The van der Waals surface area contributed by atoms with E-state index in [-0.39, 0.29) is 23.8 Å². The van der Waals surface area contributed by atoms with Crippen LogP contribution >= 0.6 is 0 Å². The number of hydrogen-bond acceptors (Lipinski definition) is 5. The van der Waals surface area contributed by atoms with Gasteiger partial charge in [0, 0.05) is 5.57 Å². The number of allylic oxidation sites excluding steroid dienone is 1. The molecule has 3 rings (SSSR count). The molecule has 1 saturated heterocycles. The van der Waals surface area contributed by atoms with Gasteiger partial charge in [-0.25, -0.2) is 9.68 Å². The molecule has 5 heteroatoms. The van der Waals surface area contributed by atoms with E-state index in [4.69, 9.17) is 14.4 Å². The lowest BCUT2D eigenvalue weighted by Gasteiger charge is -2.23. The van der Waals surface area contributed by atoms with E-state index >= 15 is 0 Å². The average molecular weight is 348 g/mol. The number of rotatable bonds is 1. The van der Waals surface area contributed by atoms with Crippen LogP contribution in [0.1, 0.15) is 59.8 Å². The van der Waals surface area contributed by atoms with E-state index in [2.05, 4.69) is 13.8 Å². The van der Waals surface area contributed by atoms with E-state index in [0.717, 1.165) is 24.8 Å². The first-order valence-electron chi connectivity index (χ1n) is 9.02. The van der Waals surface area contributed by atoms with Gasteiger partial charge in [-0.2, -0.15) is 0 Å². The Balaban J connectivity index is 1.87. The lowest BCUT2D eigenvalue weighted by atomic mass is 9.90. The molecular formula is C20H28O5. The van der Waals surface area contributed by atoms with Crippen LogP contribution in [0.15, 0.2) is 34.9 Å². The summed E-state index contributed by atoms with van der Waals surface area (Å²) in [5, 5.41) is 9.39. The van der Waals surface area contributed by atoms with E-state index < -0.39 is 5.60 Å². The highest BCUT2D eigenvalue weighted by molar-refractivity contribution is 5.92. The summed E-state index contributed by atoms with van der Waals surface area (Å²) in [6, 6.07) is 0. The molecule has 0 spiro atoms. The van der Waals surface area contributed by atoms with Gasteiger partial charge in [0.05, 0.1) is 11.7 Å². The van der Waals surface area contributed by atoms with Gasteiger partial charge in [0.25, 0.3) is 0 Å². The Kier molecular flexibility index (Phi) is 4.93. The van der Waals surface area contributed by atoms with Crippen LogP contribution in [0.2, 0.25) is 0 Å². The molecule has 0 aromatic heterocycles. The molecule has 2 aliphatic heterocycles. The summed E-state index contributed by atoms with van der Waals surface area (Å²) in [5.41, 5.74) is 1.93. The van der Waals surface area contributed by atoms with Crippen molar-refractivity contribution in [2.75, 3.05) is 0 Å². The Labute approximate surface area is 149 Å². The number of esters is 1. The lowest BCUT2D eigenvalue weighted by Crippen LogP contribution is -2.26. The maximum absolute atomic E-state index is 12.0. The van der Waals surface area contributed by atoms with Crippen LogP contribution in [0.5, 0.6) is 0 Å². The number of carbonyl (C=O) groups excluding carboxylic acids is 1. The Bertz CT molecular complexity index is 646. The third-order valence-electron chi connectivity index (χ3n) is 5.73. The van der Waals surface area contributed by atoms with Gasteiger partial charge in [0.1, 0.15) is 11.7 Å². The molecule has 1 aliphatic carbocycles. The standard InChI is InChI=1S/C20H28O5/c1-13-6-7-17-20(4,24-17)10-5-9-19(3,25-22)11-8-15-14(2)18(21)23-16(15)12-13/h5,9,12,16-17,22H,6-8,10-11H2,1-4H3. The minimum absolute atomic E-state index is 0.126. The highest BCUT2D eigenvalue weighted by Crippen LogP contribution is 2.43. The van der Waals surface area contributed by atoms with Crippen molar-refractivity contribution >= 4 is 5.97 Å². The van der Waals surface area contributed by atoms with E-state index in [9.17, 15) is 10.1 Å². The van der Waals surface area contributed by atoms with Gasteiger partial charge in [0.2, 0.25) is 0 Å². The summed E-state index contributed by atoms with van der Waals surface area (Å²) < 4.78 is 11.4. The van der Waals surface area contributed by atoms with E-state index in [0.29, 0.717) is 18.4 Å². The maximum Gasteiger partial charge on any atom is 0.334 e. The molecule has 4 atom stereocenters. The zero-order valence-electron chi connectivity index (χ0n) is 15.5. The topological polar surface area (TPSA) is 68.3 Å². The van der Waals surface area contributed by atoms with Crippen molar-refractivity contribution in [3.8, 4) is 0 Å². The smallest absolute Gasteiger partial charge is 0.334 e. The van der Waals surface area contributed by atoms with Gasteiger partial charge in [-0.1, -0.05) is 17.7 Å². The van der Waals surface area contributed by atoms with Crippen LogP contribution in [0, 0.1) is 0 Å². The molecule has 2 heterocycles. The van der Waals surface area contributed by atoms with Crippen LogP contribution in [0.25, 0.3) is 0 Å². The Morgan fingerprint density at radius 2 is 2.04 bits per heavy atom. The van der Waals surface area contributed by atoms with Crippen molar-refractivity contribution in [3.05, 3.63) is 34.9 Å². The first-order valence-corrected chi connectivity index (χ1v) is 9.02. The van der Waals surface area contributed by atoms with Crippen molar-refractivity contribution in [2.45, 2.75) is 83.2 Å². The molecule has 1 fully saturated rings. The van der Waals surface area contributed by atoms with Crippen molar-refractivity contribution in [1.29, 1.82) is 0 Å². The van der Waals surface area contributed by atoms with Crippen molar-refractivity contribution in [1.82, 2.24) is 0 Å². The van der Waals surface area contributed by atoms with Crippen LogP contribution in [-0.2, 0) is 19.2 Å². The van der Waals surface area contributed by atoms with E-state index in [1.807, 2.05) is 25.2 Å². The quantitative estimate of drug-likeness (QED) is 0.254. The average Bonchev–Trinajstić information content (AvgIpc) is 3.13. The van der Waals surface area contributed by atoms with Gasteiger partial charge in [-0.05, 0) is 71.4 Å². The summed E-state index contributed by atoms with van der Waals surface area (Å²) in [6.07, 6.45) is 9.78. The number of epoxide rings is 1. The molecule has 0 aromatic carbocycles. The van der Waals surface area contributed by atoms with Gasteiger partial charge in [-0.15, -0.1) is 0 Å². The van der Waals surface area contributed by atoms with Gasteiger partial charge >= 0.3 is 5.97 Å². The Morgan fingerprint density at radius 1 is 1.28 bits per heavy atom. The molecule has 5 nitrogen and oxygen atoms in total. The first-order chi connectivity index (χ1) is 11.8. The lowest BCUT2D eigenvalue weighted by molar-refractivity contribution is -0.303. The molecule has 25 heavy (non-hydrogen) atoms. The molecule has 1 N–H and O–H groups in total. The van der Waals surface area contributed by atoms with Crippen molar-refractivity contribution in [3.63, 3.8) is 0 Å². The normalized spacial score (nSPS) is 39.2. The van der Waals surface area contributed by atoms with Gasteiger partial charge in [-0.3, -0.25) is 5.26 Å². The highest BCUT2D eigenvalue weighted by Gasteiger charge is 2.50. The fourth-order valence-corrected chi connectivity index (χ4v) is 3.70. The molecule has 0 saturated carbocycles. The number of carbonyl (C=O) groups is 1. The van der Waals surface area contributed by atoms with E-state index in [1.165, 1.54) is 5.57 Å². The highest BCUT2D eigenvalue weighted by atomic mass is 17.1. The van der Waals surface area contributed by atoms with Crippen LogP contribution < -0.4 is 0 Å². The van der Waals surface area contributed by atoms with Gasteiger partial charge < -0.3 is 9.47 Å². The second kappa shape index (κ2) is 6.71. The summed E-state index contributed by atoms with van der Waals surface area (Å²) in [4.78, 5) is 16.8. The maximum atomic E-state index is 12.0. The monoisotopic (exact) mass is 348 g/mol. The molecular weight excluding hydrogens is 320 g/mol. The van der Waals surface area contributed by atoms with Gasteiger partial charge in [0.15, 0.2) is 0 Å². The van der Waals surface area contributed by atoms with Crippen molar-refractivity contribution < 1.29 is 24.4 Å². The second-order valence-corrected chi connectivity index (χ2v) is 7.96. The summed E-state index contributed by atoms with van der Waals surface area (Å²) in [7, 11) is 0. The predicted molar refractivity (Wildman–Crippen MR) is 94.0 cm³/mol. The number of ether oxygens (including phenoxy) is 2. The summed E-state index contributed by atoms with van der Waals surface area (Å²) in [5.74, 6) is -0.256. The minimum atomic E-state index is -0.799. The largest absolute Gasteiger partial charge is 0.450 e. The zero-order valence-corrected chi connectivity index (χ0v) is 15.5. The fourth-order valence-electron chi connectivity index (χ4n) is 3.70. The Hall–Kier alpha value is -1.43. The molecule has 0 amide bonds. The summed E-state index contributed by atoms with van der Waals surface area (Å²) >= 11 is 0. The molecule has 0 radical (unpaired) electrons. The SMILES string of the molecule is CC1=CC2OC(=O)C(C)=C2CCC(C)(OO)C=CCC2(C)OC2CC1. The third kappa shape index (κ3) is 3.89. The fraction of sp³-hybridized carbons (Fsp3) is 0.650. The minimum Gasteiger partial charge on any atom is -0.450 e. The van der Waals surface area contributed by atoms with Crippen molar-refractivity contribution in [2.24, 2.45) is 0 Å². The molecule has 0 aromatic rings. The zero-order chi connectivity index (χ0) is 18.2. The molecule has 138 valence electrons. The van der Waals surface area contributed by atoms with E-state index in [1.54, 1.807) is 6.92 Å². The number of hydrogen-bond donors (Lipinski definition) is 1. The third-order valence-corrected chi connectivity index (χ3v) is 5.73. The number of fused-ring (bicyclic) bond motifs is 2. The molecule has 0 bridgehead atoms. The summed E-state index contributed by atoms with van der Waals surface area (Å²) in [6.45, 7) is 7.84.